The van der Waals surface area contributed by atoms with Crippen LogP contribution in [0.3, 0.4) is 0 Å². The van der Waals surface area contributed by atoms with Crippen molar-refractivity contribution in [3.05, 3.63) is 64.2 Å². The standard InChI is InChI=1S/C21H20N2O3/c1-13-4-6-17(8-14(13)2)15(3)23-21(24)18(11-22)9-16-5-7-19-20(10-16)26-12-25-19/h4-10,15H,12H2,1-3H3,(H,23,24). The van der Waals surface area contributed by atoms with Crippen LogP contribution in [0.2, 0.25) is 0 Å². The molecule has 0 spiro atoms. The highest BCUT2D eigenvalue weighted by molar-refractivity contribution is 6.01. The van der Waals surface area contributed by atoms with Gasteiger partial charge >= 0.3 is 0 Å². The van der Waals surface area contributed by atoms with E-state index in [9.17, 15) is 10.1 Å². The monoisotopic (exact) mass is 348 g/mol. The maximum Gasteiger partial charge on any atom is 0.262 e. The molecule has 2 aromatic carbocycles. The van der Waals surface area contributed by atoms with Gasteiger partial charge in [-0.2, -0.15) is 5.26 Å². The molecule has 1 aliphatic rings. The van der Waals surface area contributed by atoms with Crippen LogP contribution in [0.15, 0.2) is 42.0 Å². The minimum Gasteiger partial charge on any atom is -0.454 e. The van der Waals surface area contributed by atoms with E-state index in [-0.39, 0.29) is 18.4 Å². The maximum atomic E-state index is 12.5. The molecular formula is C21H20N2O3. The van der Waals surface area contributed by atoms with E-state index in [1.807, 2.05) is 45.0 Å². The van der Waals surface area contributed by atoms with E-state index >= 15 is 0 Å². The Bertz CT molecular complexity index is 925. The van der Waals surface area contributed by atoms with Crippen LogP contribution in [0.5, 0.6) is 11.5 Å². The largest absolute Gasteiger partial charge is 0.454 e. The van der Waals surface area contributed by atoms with Gasteiger partial charge in [-0.15, -0.1) is 0 Å². The fraction of sp³-hybridized carbons (Fsp3) is 0.238. The lowest BCUT2D eigenvalue weighted by Gasteiger charge is -2.15. The van der Waals surface area contributed by atoms with E-state index in [1.54, 1.807) is 24.3 Å². The summed E-state index contributed by atoms with van der Waals surface area (Å²) in [5.41, 5.74) is 4.12. The number of nitrogens with zero attached hydrogens (tertiary/aromatic N) is 1. The quantitative estimate of drug-likeness (QED) is 0.673. The van der Waals surface area contributed by atoms with Gasteiger partial charge in [0.2, 0.25) is 6.79 Å². The van der Waals surface area contributed by atoms with Gasteiger partial charge in [0.25, 0.3) is 5.91 Å². The normalized spacial score (nSPS) is 13.8. The molecule has 1 unspecified atom stereocenters. The van der Waals surface area contributed by atoms with Crippen LogP contribution in [-0.2, 0) is 4.79 Å². The second kappa shape index (κ2) is 7.32. The third-order valence-corrected chi connectivity index (χ3v) is 4.45. The number of ether oxygens (including phenoxy) is 2. The summed E-state index contributed by atoms with van der Waals surface area (Å²) in [7, 11) is 0. The molecule has 26 heavy (non-hydrogen) atoms. The first-order chi connectivity index (χ1) is 12.5. The van der Waals surface area contributed by atoms with Crippen LogP contribution in [0.4, 0.5) is 0 Å². The minimum atomic E-state index is -0.407. The second-order valence-electron chi connectivity index (χ2n) is 6.32. The number of carbonyl (C=O) groups excluding carboxylic acids is 1. The molecule has 0 fully saturated rings. The summed E-state index contributed by atoms with van der Waals surface area (Å²) < 4.78 is 10.6. The first-order valence-corrected chi connectivity index (χ1v) is 8.37. The molecule has 1 amide bonds. The summed E-state index contributed by atoms with van der Waals surface area (Å²) in [4.78, 5) is 12.5. The van der Waals surface area contributed by atoms with Crippen LogP contribution in [-0.4, -0.2) is 12.7 Å². The fourth-order valence-electron chi connectivity index (χ4n) is 2.71. The Morgan fingerprint density at radius 2 is 1.92 bits per heavy atom. The number of benzene rings is 2. The molecule has 0 bridgehead atoms. The predicted octanol–water partition coefficient (Wildman–Crippen LogP) is 3.82. The predicted molar refractivity (Wildman–Crippen MR) is 98.6 cm³/mol. The summed E-state index contributed by atoms with van der Waals surface area (Å²) in [6.45, 7) is 6.16. The molecule has 0 aromatic heterocycles. The van der Waals surface area contributed by atoms with Crippen molar-refractivity contribution in [3.8, 4) is 17.6 Å². The summed E-state index contributed by atoms with van der Waals surface area (Å²) in [5.74, 6) is 0.865. The summed E-state index contributed by atoms with van der Waals surface area (Å²) in [5, 5.41) is 12.3. The van der Waals surface area contributed by atoms with E-state index < -0.39 is 5.91 Å². The number of hydrogen-bond donors (Lipinski definition) is 1. The zero-order valence-electron chi connectivity index (χ0n) is 15.0. The van der Waals surface area contributed by atoms with E-state index in [0.717, 1.165) is 5.56 Å². The minimum absolute atomic E-state index is 0.0412. The summed E-state index contributed by atoms with van der Waals surface area (Å²) in [6.07, 6.45) is 1.55. The Morgan fingerprint density at radius 3 is 2.65 bits per heavy atom. The van der Waals surface area contributed by atoms with Crippen molar-refractivity contribution < 1.29 is 14.3 Å². The van der Waals surface area contributed by atoms with Crippen molar-refractivity contribution >= 4 is 12.0 Å². The molecule has 0 radical (unpaired) electrons. The van der Waals surface area contributed by atoms with Gasteiger partial charge < -0.3 is 14.8 Å². The average Bonchev–Trinajstić information content (AvgIpc) is 3.09. The molecule has 1 heterocycles. The molecule has 0 aliphatic carbocycles. The number of fused-ring (bicyclic) bond motifs is 1. The summed E-state index contributed by atoms with van der Waals surface area (Å²) >= 11 is 0. The molecule has 1 N–H and O–H groups in total. The van der Waals surface area contributed by atoms with Crippen molar-refractivity contribution in [2.75, 3.05) is 6.79 Å². The van der Waals surface area contributed by atoms with Gasteiger partial charge in [-0.3, -0.25) is 4.79 Å². The average molecular weight is 348 g/mol. The van der Waals surface area contributed by atoms with Crippen LogP contribution in [0, 0.1) is 25.2 Å². The first-order valence-electron chi connectivity index (χ1n) is 8.37. The van der Waals surface area contributed by atoms with Gasteiger partial charge in [0, 0.05) is 0 Å². The lowest BCUT2D eigenvalue weighted by atomic mass is 10.0. The molecule has 2 aromatic rings. The van der Waals surface area contributed by atoms with Crippen molar-refractivity contribution in [1.29, 1.82) is 5.26 Å². The number of nitriles is 1. The molecule has 0 saturated carbocycles. The van der Waals surface area contributed by atoms with Crippen molar-refractivity contribution in [1.82, 2.24) is 5.32 Å². The van der Waals surface area contributed by atoms with Crippen LogP contribution < -0.4 is 14.8 Å². The molecule has 1 atom stereocenters. The number of aryl methyl sites for hydroxylation is 2. The maximum absolute atomic E-state index is 12.5. The summed E-state index contributed by atoms with van der Waals surface area (Å²) in [6, 6.07) is 13.1. The van der Waals surface area contributed by atoms with Gasteiger partial charge in [-0.1, -0.05) is 24.3 Å². The molecule has 0 saturated heterocycles. The number of nitrogens with one attached hydrogen (secondary N) is 1. The number of rotatable bonds is 4. The highest BCUT2D eigenvalue weighted by Crippen LogP contribution is 2.33. The Labute approximate surface area is 152 Å². The van der Waals surface area contributed by atoms with E-state index in [2.05, 4.69) is 5.32 Å². The zero-order chi connectivity index (χ0) is 18.7. The van der Waals surface area contributed by atoms with Crippen molar-refractivity contribution in [3.63, 3.8) is 0 Å². The van der Waals surface area contributed by atoms with Crippen molar-refractivity contribution in [2.45, 2.75) is 26.8 Å². The lowest BCUT2D eigenvalue weighted by molar-refractivity contribution is -0.117. The Morgan fingerprint density at radius 1 is 1.15 bits per heavy atom. The van der Waals surface area contributed by atoms with Gasteiger partial charge in [-0.05, 0) is 61.2 Å². The molecule has 1 aliphatic heterocycles. The number of hydrogen-bond acceptors (Lipinski definition) is 4. The highest BCUT2D eigenvalue weighted by Gasteiger charge is 2.16. The first kappa shape index (κ1) is 17.6. The highest BCUT2D eigenvalue weighted by atomic mass is 16.7. The molecule has 132 valence electrons. The van der Waals surface area contributed by atoms with Crippen LogP contribution in [0.1, 0.15) is 35.2 Å². The Hall–Kier alpha value is -3.26. The topological polar surface area (TPSA) is 71.4 Å². The lowest BCUT2D eigenvalue weighted by Crippen LogP contribution is -2.27. The van der Waals surface area contributed by atoms with Crippen molar-refractivity contribution in [2.24, 2.45) is 0 Å². The Kier molecular flexibility index (Phi) is 4.94. The number of amides is 1. The molecule has 5 heteroatoms. The molecule has 5 nitrogen and oxygen atoms in total. The molecule has 3 rings (SSSR count). The smallest absolute Gasteiger partial charge is 0.262 e. The third-order valence-electron chi connectivity index (χ3n) is 4.45. The Balaban J connectivity index is 1.76. The van der Waals surface area contributed by atoms with Crippen LogP contribution in [0.25, 0.3) is 6.08 Å². The van der Waals surface area contributed by atoms with Gasteiger partial charge in [0.05, 0.1) is 6.04 Å². The fourth-order valence-corrected chi connectivity index (χ4v) is 2.71. The number of carbonyl (C=O) groups is 1. The van der Waals surface area contributed by atoms with E-state index in [0.29, 0.717) is 17.1 Å². The van der Waals surface area contributed by atoms with Gasteiger partial charge in [0.15, 0.2) is 11.5 Å². The van der Waals surface area contributed by atoms with E-state index in [4.69, 9.17) is 9.47 Å². The second-order valence-corrected chi connectivity index (χ2v) is 6.32. The van der Waals surface area contributed by atoms with Crippen LogP contribution >= 0.6 is 0 Å². The SMILES string of the molecule is Cc1ccc(C(C)NC(=O)C(C#N)=Cc2ccc3c(c2)OCO3)cc1C. The molecular weight excluding hydrogens is 328 g/mol. The van der Waals surface area contributed by atoms with Gasteiger partial charge in [-0.25, -0.2) is 0 Å². The third kappa shape index (κ3) is 3.70. The zero-order valence-corrected chi connectivity index (χ0v) is 15.0. The van der Waals surface area contributed by atoms with Gasteiger partial charge in [0.1, 0.15) is 11.6 Å². The van der Waals surface area contributed by atoms with E-state index in [1.165, 1.54) is 11.1 Å².